The van der Waals surface area contributed by atoms with Crippen molar-refractivity contribution in [2.24, 2.45) is 0 Å². The zero-order valence-corrected chi connectivity index (χ0v) is 10.4. The van der Waals surface area contributed by atoms with Crippen LogP contribution in [0.25, 0.3) is 0 Å². The lowest BCUT2D eigenvalue weighted by Gasteiger charge is -2.09. The van der Waals surface area contributed by atoms with Gasteiger partial charge < -0.3 is 20.5 Å². The van der Waals surface area contributed by atoms with Gasteiger partial charge in [0.2, 0.25) is 0 Å². The Kier molecular flexibility index (Phi) is 6.27. The van der Waals surface area contributed by atoms with E-state index in [1.165, 1.54) is 0 Å². The normalized spacial score (nSPS) is 10.3. The third kappa shape index (κ3) is 5.46. The second-order valence-electron chi connectivity index (χ2n) is 3.61. The highest BCUT2D eigenvalue weighted by Gasteiger charge is 2.00. The van der Waals surface area contributed by atoms with E-state index in [0.29, 0.717) is 12.4 Å². The summed E-state index contributed by atoms with van der Waals surface area (Å²) in [7, 11) is 1.69. The number of aromatic nitrogens is 2. The highest BCUT2D eigenvalue weighted by Crippen LogP contribution is 2.10. The first-order valence-corrected chi connectivity index (χ1v) is 5.69. The molecule has 0 unspecified atom stereocenters. The third-order valence-electron chi connectivity index (χ3n) is 2.09. The fourth-order valence-corrected chi connectivity index (χ4v) is 1.37. The zero-order chi connectivity index (χ0) is 12.5. The Morgan fingerprint density at radius 2 is 1.88 bits per heavy atom. The molecule has 0 bridgehead atoms. The van der Waals surface area contributed by atoms with Gasteiger partial charge in [-0.1, -0.05) is 0 Å². The predicted molar refractivity (Wildman–Crippen MR) is 67.3 cm³/mol. The summed E-state index contributed by atoms with van der Waals surface area (Å²) in [6.07, 6.45) is 0.930. The number of ether oxygens (including phenoxy) is 1. The molecule has 0 aromatic carbocycles. The van der Waals surface area contributed by atoms with Gasteiger partial charge in [0.25, 0.3) is 0 Å². The van der Waals surface area contributed by atoms with E-state index in [-0.39, 0.29) is 6.61 Å². The molecule has 3 N–H and O–H groups in total. The van der Waals surface area contributed by atoms with Gasteiger partial charge in [-0.05, 0) is 13.3 Å². The molecule has 6 nitrogen and oxygen atoms in total. The summed E-state index contributed by atoms with van der Waals surface area (Å²) in [6, 6.07) is 1.83. The number of nitrogens with zero attached hydrogens (tertiary/aromatic N) is 2. The lowest BCUT2D eigenvalue weighted by Crippen LogP contribution is -2.11. The smallest absolute Gasteiger partial charge is 0.131 e. The van der Waals surface area contributed by atoms with Gasteiger partial charge in [0.1, 0.15) is 17.5 Å². The number of rotatable bonds is 8. The van der Waals surface area contributed by atoms with Gasteiger partial charge in [0.05, 0.1) is 6.61 Å². The maximum absolute atomic E-state index is 8.73. The van der Waals surface area contributed by atoms with Gasteiger partial charge in [-0.2, -0.15) is 0 Å². The fourth-order valence-electron chi connectivity index (χ4n) is 1.37. The molecule has 1 aromatic rings. The molecule has 6 heteroatoms. The summed E-state index contributed by atoms with van der Waals surface area (Å²) in [5, 5.41) is 14.9. The van der Waals surface area contributed by atoms with E-state index in [1.807, 2.05) is 13.0 Å². The predicted octanol–water partition coefficient (Wildman–Crippen LogP) is 0.638. The highest BCUT2D eigenvalue weighted by atomic mass is 16.5. The van der Waals surface area contributed by atoms with Gasteiger partial charge in [-0.3, -0.25) is 0 Å². The molecule has 0 amide bonds. The summed E-state index contributed by atoms with van der Waals surface area (Å²) >= 11 is 0. The van der Waals surface area contributed by atoms with Crippen molar-refractivity contribution in [3.8, 4) is 0 Å². The van der Waals surface area contributed by atoms with Crippen LogP contribution < -0.4 is 10.6 Å². The highest BCUT2D eigenvalue weighted by molar-refractivity contribution is 5.47. The van der Waals surface area contributed by atoms with E-state index >= 15 is 0 Å². The Morgan fingerprint density at radius 1 is 1.24 bits per heavy atom. The van der Waals surface area contributed by atoms with E-state index in [0.717, 1.165) is 31.2 Å². The van der Waals surface area contributed by atoms with Crippen molar-refractivity contribution in [2.75, 3.05) is 44.0 Å². The van der Waals surface area contributed by atoms with Crippen molar-refractivity contribution < 1.29 is 9.84 Å². The van der Waals surface area contributed by atoms with E-state index in [9.17, 15) is 0 Å². The zero-order valence-electron chi connectivity index (χ0n) is 10.4. The molecule has 0 saturated heterocycles. The number of hydrogen-bond donors (Lipinski definition) is 3. The van der Waals surface area contributed by atoms with Gasteiger partial charge in [0.15, 0.2) is 0 Å². The first-order chi connectivity index (χ1) is 8.26. The summed E-state index contributed by atoms with van der Waals surface area (Å²) in [5.74, 6) is 2.21. The van der Waals surface area contributed by atoms with Crippen molar-refractivity contribution in [1.82, 2.24) is 9.97 Å². The molecule has 0 saturated carbocycles. The molecule has 1 rings (SSSR count). The van der Waals surface area contributed by atoms with Crippen LogP contribution in [0.4, 0.5) is 11.6 Å². The van der Waals surface area contributed by atoms with Crippen LogP contribution >= 0.6 is 0 Å². The Hall–Kier alpha value is -1.40. The van der Waals surface area contributed by atoms with Crippen molar-refractivity contribution in [3.05, 3.63) is 11.9 Å². The Bertz CT molecular complexity index is 333. The molecule has 0 radical (unpaired) electrons. The second-order valence-corrected chi connectivity index (χ2v) is 3.61. The largest absolute Gasteiger partial charge is 0.395 e. The number of aliphatic hydroxyl groups is 1. The lowest BCUT2D eigenvalue weighted by atomic mass is 10.4. The van der Waals surface area contributed by atoms with E-state index in [1.54, 1.807) is 7.11 Å². The molecule has 0 spiro atoms. The number of anilines is 2. The maximum Gasteiger partial charge on any atom is 0.131 e. The van der Waals surface area contributed by atoms with Crippen LogP contribution in [0.15, 0.2) is 6.07 Å². The van der Waals surface area contributed by atoms with Gasteiger partial charge in [0, 0.05) is 32.9 Å². The van der Waals surface area contributed by atoms with Crippen LogP contribution in [-0.2, 0) is 4.74 Å². The van der Waals surface area contributed by atoms with Crippen molar-refractivity contribution in [1.29, 1.82) is 0 Å². The number of nitrogens with one attached hydrogen (secondary N) is 2. The summed E-state index contributed by atoms with van der Waals surface area (Å²) < 4.78 is 4.97. The molecule has 0 aliphatic carbocycles. The van der Waals surface area contributed by atoms with Crippen LogP contribution in [0.1, 0.15) is 12.2 Å². The number of aliphatic hydroxyl groups excluding tert-OH is 1. The average Bonchev–Trinajstić information content (AvgIpc) is 2.31. The average molecular weight is 240 g/mol. The number of methoxy groups -OCH3 is 1. The topological polar surface area (TPSA) is 79.3 Å². The van der Waals surface area contributed by atoms with Crippen LogP contribution in [0.3, 0.4) is 0 Å². The molecule has 1 heterocycles. The van der Waals surface area contributed by atoms with Gasteiger partial charge in [-0.15, -0.1) is 0 Å². The van der Waals surface area contributed by atoms with Crippen LogP contribution in [-0.4, -0.2) is 48.5 Å². The molecule has 1 aromatic heterocycles. The summed E-state index contributed by atoms with van der Waals surface area (Å²) in [5.41, 5.74) is 0. The van der Waals surface area contributed by atoms with Crippen LogP contribution in [0.5, 0.6) is 0 Å². The van der Waals surface area contributed by atoms with Crippen molar-refractivity contribution in [3.63, 3.8) is 0 Å². The Morgan fingerprint density at radius 3 is 2.47 bits per heavy atom. The van der Waals surface area contributed by atoms with Gasteiger partial charge >= 0.3 is 0 Å². The van der Waals surface area contributed by atoms with Crippen molar-refractivity contribution in [2.45, 2.75) is 13.3 Å². The van der Waals surface area contributed by atoms with Crippen molar-refractivity contribution >= 4 is 11.6 Å². The van der Waals surface area contributed by atoms with Gasteiger partial charge in [-0.25, -0.2) is 9.97 Å². The minimum absolute atomic E-state index is 0.0830. The molecule has 0 aliphatic rings. The molecule has 96 valence electrons. The molecular weight excluding hydrogens is 220 g/mol. The SMILES string of the molecule is COCCCNc1cc(NCCO)nc(C)n1. The second kappa shape index (κ2) is 7.81. The molecule has 17 heavy (non-hydrogen) atoms. The standard InChI is InChI=1S/C11H20N4O2/c1-9-14-10(12-4-3-7-17-2)8-11(15-9)13-5-6-16/h8,16H,3-7H2,1-2H3,(H2,12,13,14,15). The quantitative estimate of drug-likeness (QED) is 0.579. The van der Waals surface area contributed by atoms with E-state index in [4.69, 9.17) is 9.84 Å². The molecule has 0 atom stereocenters. The monoisotopic (exact) mass is 240 g/mol. The molecule has 0 fully saturated rings. The summed E-state index contributed by atoms with van der Waals surface area (Å²) in [6.45, 7) is 3.94. The summed E-state index contributed by atoms with van der Waals surface area (Å²) in [4.78, 5) is 8.49. The Labute approximate surface area is 101 Å². The molecule has 0 aliphatic heterocycles. The minimum atomic E-state index is 0.0830. The first kappa shape index (κ1) is 13.7. The molecular formula is C11H20N4O2. The fraction of sp³-hybridized carbons (Fsp3) is 0.636. The first-order valence-electron chi connectivity index (χ1n) is 5.69. The number of hydrogen-bond acceptors (Lipinski definition) is 6. The van der Waals surface area contributed by atoms with E-state index in [2.05, 4.69) is 20.6 Å². The van der Waals surface area contributed by atoms with Crippen LogP contribution in [0.2, 0.25) is 0 Å². The number of aryl methyl sites for hydroxylation is 1. The maximum atomic E-state index is 8.73. The third-order valence-corrected chi connectivity index (χ3v) is 2.09. The lowest BCUT2D eigenvalue weighted by molar-refractivity contribution is 0.198. The Balaban J connectivity index is 2.50. The minimum Gasteiger partial charge on any atom is -0.395 e. The van der Waals surface area contributed by atoms with Crippen LogP contribution in [0, 0.1) is 6.92 Å². The van der Waals surface area contributed by atoms with E-state index < -0.39 is 0 Å².